The predicted molar refractivity (Wildman–Crippen MR) is 64.3 cm³/mol. The summed E-state index contributed by atoms with van der Waals surface area (Å²) in [4.78, 5) is 7.67. The normalized spacial score (nSPS) is 11.9. The Morgan fingerprint density at radius 2 is 2.00 bits per heavy atom. The summed E-state index contributed by atoms with van der Waals surface area (Å²) in [7, 11) is 0. The molecule has 2 aromatic rings. The topological polar surface area (TPSA) is 78.9 Å². The number of rotatable bonds is 3. The molecule has 0 aromatic carbocycles. The third kappa shape index (κ3) is 2.81. The smallest absolute Gasteiger partial charge is 0.419 e. The summed E-state index contributed by atoms with van der Waals surface area (Å²) in [6, 6.07) is 0. The van der Waals surface area contributed by atoms with Crippen LogP contribution in [0.2, 0.25) is 0 Å². The first kappa shape index (κ1) is 14.1. The van der Waals surface area contributed by atoms with Crippen molar-refractivity contribution in [3.05, 3.63) is 24.3 Å². The maximum atomic E-state index is 12.5. The summed E-state index contributed by atoms with van der Waals surface area (Å²) in [5, 5.41) is 3.60. The van der Waals surface area contributed by atoms with Gasteiger partial charge in [-0.15, -0.1) is 0 Å². The average molecular weight is 287 g/mol. The van der Waals surface area contributed by atoms with Crippen LogP contribution in [0, 0.1) is 0 Å². The van der Waals surface area contributed by atoms with E-state index in [0.717, 1.165) is 17.2 Å². The van der Waals surface area contributed by atoms with E-state index in [4.69, 9.17) is 10.5 Å². The number of aromatic nitrogens is 4. The highest BCUT2D eigenvalue weighted by Crippen LogP contribution is 2.30. The first-order valence-corrected chi connectivity index (χ1v) is 5.68. The molecule has 0 spiro atoms. The molecule has 0 bridgehead atoms. The first-order valence-electron chi connectivity index (χ1n) is 5.68. The standard InChI is InChI=1S/C11H12F3N5O/c1-6(2)20-10-8(15)9(16-5-17-10)19-4-7(3-18-19)11(12,13)14/h3-6H,15H2,1-2H3. The fourth-order valence-electron chi connectivity index (χ4n) is 1.46. The molecule has 0 fully saturated rings. The SMILES string of the molecule is CC(C)Oc1ncnc(-n2cc(C(F)(F)F)cn2)c1N. The average Bonchev–Trinajstić information content (AvgIpc) is 2.80. The number of alkyl halides is 3. The van der Waals surface area contributed by atoms with Gasteiger partial charge in [-0.3, -0.25) is 0 Å². The number of hydrogen-bond donors (Lipinski definition) is 1. The molecule has 0 atom stereocenters. The molecule has 0 aliphatic carbocycles. The van der Waals surface area contributed by atoms with E-state index >= 15 is 0 Å². The van der Waals surface area contributed by atoms with Crippen LogP contribution < -0.4 is 10.5 Å². The third-order valence-electron chi connectivity index (χ3n) is 2.30. The second-order valence-electron chi connectivity index (χ2n) is 4.25. The van der Waals surface area contributed by atoms with Gasteiger partial charge in [0.2, 0.25) is 5.88 Å². The molecule has 108 valence electrons. The Bertz CT molecular complexity index is 608. The van der Waals surface area contributed by atoms with Gasteiger partial charge < -0.3 is 10.5 Å². The van der Waals surface area contributed by atoms with Gasteiger partial charge >= 0.3 is 6.18 Å². The molecule has 0 aliphatic rings. The van der Waals surface area contributed by atoms with Gasteiger partial charge in [0.25, 0.3) is 0 Å². The van der Waals surface area contributed by atoms with Crippen molar-refractivity contribution in [3.8, 4) is 11.7 Å². The van der Waals surface area contributed by atoms with E-state index in [1.165, 1.54) is 0 Å². The summed E-state index contributed by atoms with van der Waals surface area (Å²) in [6.07, 6.45) is -2.00. The van der Waals surface area contributed by atoms with Crippen molar-refractivity contribution in [2.45, 2.75) is 26.1 Å². The van der Waals surface area contributed by atoms with Gasteiger partial charge in [-0.1, -0.05) is 0 Å². The van der Waals surface area contributed by atoms with Gasteiger partial charge in [0.15, 0.2) is 5.82 Å². The van der Waals surface area contributed by atoms with Gasteiger partial charge in [-0.05, 0) is 13.8 Å². The lowest BCUT2D eigenvalue weighted by Crippen LogP contribution is -2.12. The molecule has 2 aromatic heterocycles. The lowest BCUT2D eigenvalue weighted by atomic mass is 10.3. The van der Waals surface area contributed by atoms with E-state index in [2.05, 4.69) is 15.1 Å². The molecule has 0 saturated carbocycles. The van der Waals surface area contributed by atoms with E-state index in [1.54, 1.807) is 13.8 Å². The fraction of sp³-hybridized carbons (Fsp3) is 0.364. The van der Waals surface area contributed by atoms with Gasteiger partial charge in [-0.25, -0.2) is 9.67 Å². The molecular weight excluding hydrogens is 275 g/mol. The van der Waals surface area contributed by atoms with Crippen molar-refractivity contribution in [2.75, 3.05) is 5.73 Å². The molecule has 0 amide bonds. The van der Waals surface area contributed by atoms with Crippen molar-refractivity contribution >= 4 is 5.69 Å². The maximum Gasteiger partial charge on any atom is 0.419 e. The number of nitrogens with two attached hydrogens (primary N) is 1. The van der Waals surface area contributed by atoms with Gasteiger partial charge in [0.05, 0.1) is 17.9 Å². The van der Waals surface area contributed by atoms with E-state index < -0.39 is 11.7 Å². The molecule has 2 N–H and O–H groups in total. The first-order chi connectivity index (χ1) is 9.29. The third-order valence-corrected chi connectivity index (χ3v) is 2.30. The molecular formula is C11H12F3N5O. The molecule has 0 unspecified atom stereocenters. The van der Waals surface area contributed by atoms with Gasteiger partial charge in [0.1, 0.15) is 12.0 Å². The second kappa shape index (κ2) is 4.99. The Morgan fingerprint density at radius 3 is 2.55 bits per heavy atom. The number of hydrogen-bond acceptors (Lipinski definition) is 5. The Labute approximate surface area is 112 Å². The zero-order valence-electron chi connectivity index (χ0n) is 10.7. The second-order valence-corrected chi connectivity index (χ2v) is 4.25. The molecule has 6 nitrogen and oxygen atoms in total. The van der Waals surface area contributed by atoms with Crippen LogP contribution in [0.25, 0.3) is 5.82 Å². The fourth-order valence-corrected chi connectivity index (χ4v) is 1.46. The zero-order chi connectivity index (χ0) is 14.9. The minimum atomic E-state index is -4.47. The summed E-state index contributed by atoms with van der Waals surface area (Å²) < 4.78 is 43.9. The monoisotopic (exact) mass is 287 g/mol. The van der Waals surface area contributed by atoms with Crippen molar-refractivity contribution in [2.24, 2.45) is 0 Å². The Hall–Kier alpha value is -2.32. The Kier molecular flexibility index (Phi) is 3.51. The summed E-state index contributed by atoms with van der Waals surface area (Å²) in [5.41, 5.74) is 4.93. The van der Waals surface area contributed by atoms with Crippen LogP contribution in [0.5, 0.6) is 5.88 Å². The van der Waals surface area contributed by atoms with Crippen LogP contribution in [0.15, 0.2) is 18.7 Å². The number of anilines is 1. The Balaban J connectivity index is 2.40. The van der Waals surface area contributed by atoms with Gasteiger partial charge in [-0.2, -0.15) is 23.3 Å². The van der Waals surface area contributed by atoms with E-state index in [9.17, 15) is 13.2 Å². The van der Waals surface area contributed by atoms with Crippen LogP contribution in [0.1, 0.15) is 19.4 Å². The highest BCUT2D eigenvalue weighted by molar-refractivity contribution is 5.59. The molecule has 2 rings (SSSR count). The minimum absolute atomic E-state index is 0.0259. The largest absolute Gasteiger partial charge is 0.473 e. The minimum Gasteiger partial charge on any atom is -0.473 e. The molecule has 0 radical (unpaired) electrons. The van der Waals surface area contributed by atoms with Crippen molar-refractivity contribution in [3.63, 3.8) is 0 Å². The van der Waals surface area contributed by atoms with Crippen LogP contribution in [-0.4, -0.2) is 25.9 Å². The summed E-state index contributed by atoms with van der Waals surface area (Å²) in [5.74, 6) is 0.139. The van der Waals surface area contributed by atoms with E-state index in [1.807, 2.05) is 0 Å². The number of nitrogen functional groups attached to an aromatic ring is 1. The lowest BCUT2D eigenvalue weighted by Gasteiger charge is -2.12. The number of ether oxygens (including phenoxy) is 1. The highest BCUT2D eigenvalue weighted by atomic mass is 19.4. The molecule has 20 heavy (non-hydrogen) atoms. The maximum absolute atomic E-state index is 12.5. The van der Waals surface area contributed by atoms with Crippen LogP contribution in [-0.2, 0) is 6.18 Å². The number of nitrogens with zero attached hydrogens (tertiary/aromatic N) is 4. The molecule has 0 saturated heterocycles. The summed E-state index contributed by atoms with van der Waals surface area (Å²) in [6.45, 7) is 3.55. The van der Waals surface area contributed by atoms with E-state index in [0.29, 0.717) is 6.20 Å². The molecule has 9 heteroatoms. The highest BCUT2D eigenvalue weighted by Gasteiger charge is 2.32. The lowest BCUT2D eigenvalue weighted by molar-refractivity contribution is -0.137. The summed E-state index contributed by atoms with van der Waals surface area (Å²) >= 11 is 0. The quantitative estimate of drug-likeness (QED) is 0.934. The van der Waals surface area contributed by atoms with Crippen LogP contribution in [0.3, 0.4) is 0 Å². The number of halogens is 3. The van der Waals surface area contributed by atoms with Crippen molar-refractivity contribution in [1.29, 1.82) is 0 Å². The molecule has 2 heterocycles. The van der Waals surface area contributed by atoms with Gasteiger partial charge in [0, 0.05) is 6.20 Å². The van der Waals surface area contributed by atoms with Crippen molar-refractivity contribution < 1.29 is 17.9 Å². The predicted octanol–water partition coefficient (Wildman–Crippen LogP) is 2.05. The molecule has 0 aliphatic heterocycles. The zero-order valence-corrected chi connectivity index (χ0v) is 10.7. The van der Waals surface area contributed by atoms with Crippen LogP contribution in [0.4, 0.5) is 18.9 Å². The van der Waals surface area contributed by atoms with Crippen molar-refractivity contribution in [1.82, 2.24) is 19.7 Å². The van der Waals surface area contributed by atoms with E-state index in [-0.39, 0.29) is 23.5 Å². The Morgan fingerprint density at radius 1 is 1.30 bits per heavy atom. The van der Waals surface area contributed by atoms with Crippen LogP contribution >= 0.6 is 0 Å².